The fourth-order valence-corrected chi connectivity index (χ4v) is 1.39. The lowest BCUT2D eigenvalue weighted by Crippen LogP contribution is -2.29. The van der Waals surface area contributed by atoms with Crippen LogP contribution in [0.1, 0.15) is 18.4 Å². The SMILES string of the molecule is COc1ccc(CCCC(=O)NN)cc1F. The molecule has 1 aromatic rings. The van der Waals surface area contributed by atoms with E-state index in [-0.39, 0.29) is 17.5 Å². The number of aryl methyl sites for hydroxylation is 1. The Morgan fingerprint density at radius 2 is 2.31 bits per heavy atom. The van der Waals surface area contributed by atoms with Crippen molar-refractivity contribution >= 4 is 5.91 Å². The van der Waals surface area contributed by atoms with E-state index in [2.05, 4.69) is 0 Å². The number of hydrazine groups is 1. The molecule has 0 saturated heterocycles. The van der Waals surface area contributed by atoms with Crippen LogP contribution < -0.4 is 16.0 Å². The first-order valence-electron chi connectivity index (χ1n) is 4.99. The average Bonchev–Trinajstić information content (AvgIpc) is 2.29. The quantitative estimate of drug-likeness (QED) is 0.449. The van der Waals surface area contributed by atoms with Gasteiger partial charge in [-0.15, -0.1) is 0 Å². The Morgan fingerprint density at radius 1 is 1.56 bits per heavy atom. The third-order valence-electron chi connectivity index (χ3n) is 2.25. The molecule has 0 radical (unpaired) electrons. The van der Waals surface area contributed by atoms with Crippen molar-refractivity contribution < 1.29 is 13.9 Å². The number of rotatable bonds is 5. The van der Waals surface area contributed by atoms with Gasteiger partial charge in [-0.2, -0.15) is 0 Å². The van der Waals surface area contributed by atoms with Crippen LogP contribution in [0.3, 0.4) is 0 Å². The van der Waals surface area contributed by atoms with Gasteiger partial charge in [0.05, 0.1) is 7.11 Å². The zero-order chi connectivity index (χ0) is 12.0. The highest BCUT2D eigenvalue weighted by Gasteiger charge is 2.04. The summed E-state index contributed by atoms with van der Waals surface area (Å²) in [7, 11) is 1.42. The lowest BCUT2D eigenvalue weighted by Gasteiger charge is -2.05. The number of benzene rings is 1. The molecule has 88 valence electrons. The summed E-state index contributed by atoms with van der Waals surface area (Å²) in [5.74, 6) is 4.56. The second kappa shape index (κ2) is 6.07. The van der Waals surface area contributed by atoms with E-state index in [1.807, 2.05) is 5.43 Å². The van der Waals surface area contributed by atoms with Crippen LogP contribution in [0.5, 0.6) is 5.75 Å². The van der Waals surface area contributed by atoms with Gasteiger partial charge in [0.2, 0.25) is 5.91 Å². The van der Waals surface area contributed by atoms with Crippen LogP contribution >= 0.6 is 0 Å². The maximum absolute atomic E-state index is 13.3. The summed E-state index contributed by atoms with van der Waals surface area (Å²) in [4.78, 5) is 10.8. The van der Waals surface area contributed by atoms with E-state index in [9.17, 15) is 9.18 Å². The maximum atomic E-state index is 13.3. The van der Waals surface area contributed by atoms with Gasteiger partial charge >= 0.3 is 0 Å². The summed E-state index contributed by atoms with van der Waals surface area (Å²) in [6, 6.07) is 4.77. The molecule has 0 unspecified atom stereocenters. The van der Waals surface area contributed by atoms with Crippen LogP contribution in [0.25, 0.3) is 0 Å². The number of carbonyl (C=O) groups excluding carboxylic acids is 1. The van der Waals surface area contributed by atoms with Gasteiger partial charge in [0.1, 0.15) is 0 Å². The number of ether oxygens (including phenoxy) is 1. The fraction of sp³-hybridized carbons (Fsp3) is 0.364. The van der Waals surface area contributed by atoms with Crippen LogP contribution in [-0.4, -0.2) is 13.0 Å². The van der Waals surface area contributed by atoms with E-state index in [0.29, 0.717) is 19.3 Å². The van der Waals surface area contributed by atoms with Gasteiger partial charge in [-0.05, 0) is 30.5 Å². The Morgan fingerprint density at radius 3 is 2.88 bits per heavy atom. The van der Waals surface area contributed by atoms with E-state index < -0.39 is 0 Å². The summed E-state index contributed by atoms with van der Waals surface area (Å²) >= 11 is 0. The molecule has 0 fully saturated rings. The fourth-order valence-electron chi connectivity index (χ4n) is 1.39. The highest BCUT2D eigenvalue weighted by atomic mass is 19.1. The van der Waals surface area contributed by atoms with Crippen LogP contribution in [0.4, 0.5) is 4.39 Å². The van der Waals surface area contributed by atoms with Gasteiger partial charge < -0.3 is 4.74 Å². The summed E-state index contributed by atoms with van der Waals surface area (Å²) in [5.41, 5.74) is 2.88. The normalized spacial score (nSPS) is 9.94. The van der Waals surface area contributed by atoms with E-state index in [1.165, 1.54) is 13.2 Å². The highest BCUT2D eigenvalue weighted by molar-refractivity contribution is 5.75. The second-order valence-corrected chi connectivity index (χ2v) is 3.39. The van der Waals surface area contributed by atoms with E-state index >= 15 is 0 Å². The third-order valence-corrected chi connectivity index (χ3v) is 2.25. The van der Waals surface area contributed by atoms with E-state index in [1.54, 1.807) is 12.1 Å². The summed E-state index contributed by atoms with van der Waals surface area (Å²) in [6.07, 6.45) is 1.60. The van der Waals surface area contributed by atoms with Crippen molar-refractivity contribution in [3.63, 3.8) is 0 Å². The molecular weight excluding hydrogens is 211 g/mol. The third kappa shape index (κ3) is 3.51. The molecule has 4 nitrogen and oxygen atoms in total. The zero-order valence-electron chi connectivity index (χ0n) is 9.13. The topological polar surface area (TPSA) is 64.3 Å². The van der Waals surface area contributed by atoms with Gasteiger partial charge in [0, 0.05) is 6.42 Å². The minimum absolute atomic E-state index is 0.214. The molecule has 5 heteroatoms. The Kier molecular flexibility index (Phi) is 4.72. The molecule has 0 saturated carbocycles. The maximum Gasteiger partial charge on any atom is 0.233 e. The van der Waals surface area contributed by atoms with Gasteiger partial charge in [0.15, 0.2) is 11.6 Å². The second-order valence-electron chi connectivity index (χ2n) is 3.39. The first-order chi connectivity index (χ1) is 7.67. The van der Waals surface area contributed by atoms with Crippen LogP contribution in [0, 0.1) is 5.82 Å². The van der Waals surface area contributed by atoms with E-state index in [0.717, 1.165) is 5.56 Å². The predicted octanol–water partition coefficient (Wildman–Crippen LogP) is 1.15. The molecular formula is C11H15FN2O2. The van der Waals surface area contributed by atoms with Gasteiger partial charge in [-0.1, -0.05) is 6.07 Å². The first kappa shape index (κ1) is 12.4. The van der Waals surface area contributed by atoms with Gasteiger partial charge in [-0.3, -0.25) is 10.2 Å². The Labute approximate surface area is 93.6 Å². The monoisotopic (exact) mass is 226 g/mol. The van der Waals surface area contributed by atoms with Crippen molar-refractivity contribution in [3.05, 3.63) is 29.6 Å². The number of nitrogens with two attached hydrogens (primary N) is 1. The number of hydrogen-bond donors (Lipinski definition) is 2. The van der Waals surface area contributed by atoms with Crippen molar-refractivity contribution in [2.45, 2.75) is 19.3 Å². The molecule has 16 heavy (non-hydrogen) atoms. The Balaban J connectivity index is 2.49. The molecule has 1 rings (SSSR count). The minimum Gasteiger partial charge on any atom is -0.494 e. The van der Waals surface area contributed by atoms with Crippen molar-refractivity contribution in [2.75, 3.05) is 7.11 Å². The molecule has 0 aliphatic carbocycles. The smallest absolute Gasteiger partial charge is 0.233 e. The predicted molar refractivity (Wildman–Crippen MR) is 58.2 cm³/mol. The largest absolute Gasteiger partial charge is 0.494 e. The number of hydrogen-bond acceptors (Lipinski definition) is 3. The van der Waals surface area contributed by atoms with Crippen molar-refractivity contribution in [1.82, 2.24) is 5.43 Å². The molecule has 0 aromatic heterocycles. The van der Waals surface area contributed by atoms with Crippen molar-refractivity contribution in [2.24, 2.45) is 5.84 Å². The number of nitrogens with one attached hydrogen (secondary N) is 1. The number of carbonyl (C=O) groups is 1. The van der Waals surface area contributed by atoms with Crippen molar-refractivity contribution in [1.29, 1.82) is 0 Å². The summed E-state index contributed by atoms with van der Waals surface area (Å²) in [5, 5.41) is 0. The van der Waals surface area contributed by atoms with E-state index in [4.69, 9.17) is 10.6 Å². The highest BCUT2D eigenvalue weighted by Crippen LogP contribution is 2.18. The number of methoxy groups -OCH3 is 1. The van der Waals surface area contributed by atoms with Crippen LogP contribution in [-0.2, 0) is 11.2 Å². The van der Waals surface area contributed by atoms with Gasteiger partial charge in [0.25, 0.3) is 0 Å². The molecule has 1 aromatic carbocycles. The molecule has 3 N–H and O–H groups in total. The number of amides is 1. The van der Waals surface area contributed by atoms with Crippen molar-refractivity contribution in [3.8, 4) is 5.75 Å². The van der Waals surface area contributed by atoms with Crippen LogP contribution in [0.15, 0.2) is 18.2 Å². The minimum atomic E-state index is -0.386. The van der Waals surface area contributed by atoms with Gasteiger partial charge in [-0.25, -0.2) is 10.2 Å². The average molecular weight is 226 g/mol. The molecule has 1 amide bonds. The zero-order valence-corrected chi connectivity index (χ0v) is 9.13. The summed E-state index contributed by atoms with van der Waals surface area (Å²) < 4.78 is 18.1. The molecule has 0 aliphatic rings. The standard InChI is InChI=1S/C11H15FN2O2/c1-16-10-6-5-8(7-9(10)12)3-2-4-11(15)14-13/h5-7H,2-4,13H2,1H3,(H,14,15). The lowest BCUT2D eigenvalue weighted by atomic mass is 10.1. The number of halogens is 1. The Hall–Kier alpha value is -1.62. The molecule has 0 heterocycles. The molecule has 0 aliphatic heterocycles. The molecule has 0 atom stereocenters. The van der Waals surface area contributed by atoms with Crippen LogP contribution in [0.2, 0.25) is 0 Å². The lowest BCUT2D eigenvalue weighted by molar-refractivity contribution is -0.121. The Bertz CT molecular complexity index is 369. The molecule has 0 bridgehead atoms. The summed E-state index contributed by atoms with van der Waals surface area (Å²) in [6.45, 7) is 0. The molecule has 0 spiro atoms. The first-order valence-corrected chi connectivity index (χ1v) is 4.99.